The summed E-state index contributed by atoms with van der Waals surface area (Å²) in [5.74, 6) is 0. The van der Waals surface area contributed by atoms with Crippen LogP contribution in [0.2, 0.25) is 0 Å². The average molecular weight is 348 g/mol. The molecular formula is C16H18BrN3O. The Bertz CT molecular complexity index is 661. The molecule has 0 spiro atoms. The molecule has 2 aromatic rings. The number of halogens is 1. The maximum Gasteiger partial charge on any atom is 0.112 e. The van der Waals surface area contributed by atoms with Crippen molar-refractivity contribution in [3.63, 3.8) is 0 Å². The quantitative estimate of drug-likeness (QED) is 0.790. The van der Waals surface area contributed by atoms with Gasteiger partial charge in [0.05, 0.1) is 30.0 Å². The standard InChI is InChI=1S/C16H18BrN3O/c17-11-9-12-16(19-10-11)14(5-6-18-12)20-7-8-21-15-4-2-1-3-13(15)20/h5-6,9-10,13,15H,1-4,7-8H2. The van der Waals surface area contributed by atoms with E-state index in [1.165, 1.54) is 31.4 Å². The highest BCUT2D eigenvalue weighted by Crippen LogP contribution is 2.34. The summed E-state index contributed by atoms with van der Waals surface area (Å²) < 4.78 is 6.95. The summed E-state index contributed by atoms with van der Waals surface area (Å²) in [5.41, 5.74) is 3.14. The Morgan fingerprint density at radius 1 is 1.24 bits per heavy atom. The van der Waals surface area contributed by atoms with Gasteiger partial charge in [0.1, 0.15) is 5.52 Å². The largest absolute Gasteiger partial charge is 0.374 e. The van der Waals surface area contributed by atoms with Crippen LogP contribution in [0.3, 0.4) is 0 Å². The fraction of sp³-hybridized carbons (Fsp3) is 0.500. The third-order valence-electron chi connectivity index (χ3n) is 4.56. The first-order chi connectivity index (χ1) is 10.3. The number of rotatable bonds is 1. The van der Waals surface area contributed by atoms with Gasteiger partial charge >= 0.3 is 0 Å². The van der Waals surface area contributed by atoms with Crippen molar-refractivity contribution in [1.82, 2.24) is 9.97 Å². The van der Waals surface area contributed by atoms with E-state index in [4.69, 9.17) is 4.74 Å². The molecule has 2 atom stereocenters. The molecule has 5 heteroatoms. The molecule has 0 bridgehead atoms. The molecule has 110 valence electrons. The van der Waals surface area contributed by atoms with Crippen LogP contribution in [0.4, 0.5) is 5.69 Å². The molecule has 0 N–H and O–H groups in total. The van der Waals surface area contributed by atoms with Crippen molar-refractivity contribution in [2.24, 2.45) is 0 Å². The lowest BCUT2D eigenvalue weighted by Gasteiger charge is -2.45. The summed E-state index contributed by atoms with van der Waals surface area (Å²) in [6.07, 6.45) is 9.10. The molecule has 3 heterocycles. The van der Waals surface area contributed by atoms with Crippen molar-refractivity contribution in [3.05, 3.63) is 29.0 Å². The van der Waals surface area contributed by atoms with E-state index in [2.05, 4.69) is 36.9 Å². The molecule has 21 heavy (non-hydrogen) atoms. The van der Waals surface area contributed by atoms with Gasteiger partial charge in [-0.1, -0.05) is 12.8 Å². The fourth-order valence-electron chi connectivity index (χ4n) is 3.62. The molecule has 2 aromatic heterocycles. The highest BCUT2D eigenvalue weighted by molar-refractivity contribution is 9.10. The molecule has 2 aliphatic rings. The van der Waals surface area contributed by atoms with E-state index in [-0.39, 0.29) is 0 Å². The topological polar surface area (TPSA) is 38.2 Å². The summed E-state index contributed by atoms with van der Waals surface area (Å²) in [6, 6.07) is 4.62. The SMILES string of the molecule is Brc1cnc2c(N3CCOC4CCCCC43)ccnc2c1. The number of pyridine rings is 2. The maximum absolute atomic E-state index is 5.98. The summed E-state index contributed by atoms with van der Waals surface area (Å²) in [6.45, 7) is 1.75. The Morgan fingerprint density at radius 2 is 2.14 bits per heavy atom. The van der Waals surface area contributed by atoms with Crippen molar-refractivity contribution in [2.45, 2.75) is 37.8 Å². The van der Waals surface area contributed by atoms with Crippen LogP contribution in [0.25, 0.3) is 11.0 Å². The van der Waals surface area contributed by atoms with Crippen LogP contribution in [0.5, 0.6) is 0 Å². The van der Waals surface area contributed by atoms with Crippen LogP contribution in [0.15, 0.2) is 29.0 Å². The van der Waals surface area contributed by atoms with Gasteiger partial charge in [0.2, 0.25) is 0 Å². The van der Waals surface area contributed by atoms with Crippen molar-refractivity contribution < 1.29 is 4.74 Å². The van der Waals surface area contributed by atoms with E-state index in [1.807, 2.05) is 18.5 Å². The van der Waals surface area contributed by atoms with Gasteiger partial charge in [0, 0.05) is 23.4 Å². The number of fused-ring (bicyclic) bond motifs is 2. The van der Waals surface area contributed by atoms with Crippen molar-refractivity contribution in [2.75, 3.05) is 18.1 Å². The van der Waals surface area contributed by atoms with Crippen molar-refractivity contribution in [1.29, 1.82) is 0 Å². The van der Waals surface area contributed by atoms with E-state index in [0.29, 0.717) is 12.1 Å². The zero-order chi connectivity index (χ0) is 14.2. The smallest absolute Gasteiger partial charge is 0.112 e. The minimum absolute atomic E-state index is 0.381. The summed E-state index contributed by atoms with van der Waals surface area (Å²) >= 11 is 3.47. The van der Waals surface area contributed by atoms with Gasteiger partial charge in [-0.3, -0.25) is 9.97 Å². The van der Waals surface area contributed by atoms with Crippen molar-refractivity contribution in [3.8, 4) is 0 Å². The molecular weight excluding hydrogens is 330 g/mol. The van der Waals surface area contributed by atoms with E-state index in [1.54, 1.807) is 0 Å². The van der Waals surface area contributed by atoms with Gasteiger partial charge in [-0.2, -0.15) is 0 Å². The van der Waals surface area contributed by atoms with Crippen LogP contribution in [0, 0.1) is 0 Å². The maximum atomic E-state index is 5.98. The number of morpholine rings is 1. The van der Waals surface area contributed by atoms with E-state index in [0.717, 1.165) is 28.7 Å². The van der Waals surface area contributed by atoms with Crippen LogP contribution in [0.1, 0.15) is 25.7 Å². The molecule has 1 aliphatic heterocycles. The normalized spacial score (nSPS) is 25.9. The first-order valence-electron chi connectivity index (χ1n) is 7.61. The lowest BCUT2D eigenvalue weighted by Crippen LogP contribution is -2.52. The lowest BCUT2D eigenvalue weighted by molar-refractivity contribution is -0.00858. The Kier molecular flexibility index (Phi) is 3.55. The van der Waals surface area contributed by atoms with E-state index in [9.17, 15) is 0 Å². The second-order valence-corrected chi connectivity index (χ2v) is 6.72. The Hall–Kier alpha value is -1.20. The molecule has 0 radical (unpaired) electrons. The summed E-state index contributed by atoms with van der Waals surface area (Å²) in [7, 11) is 0. The molecule has 0 aromatic carbocycles. The zero-order valence-corrected chi connectivity index (χ0v) is 13.4. The number of nitrogens with zero attached hydrogens (tertiary/aromatic N) is 3. The van der Waals surface area contributed by atoms with E-state index >= 15 is 0 Å². The molecule has 1 saturated heterocycles. The minimum atomic E-state index is 0.381. The molecule has 1 aliphatic carbocycles. The fourth-order valence-corrected chi connectivity index (χ4v) is 3.94. The van der Waals surface area contributed by atoms with Gasteiger partial charge in [-0.15, -0.1) is 0 Å². The van der Waals surface area contributed by atoms with Crippen molar-refractivity contribution >= 4 is 32.7 Å². The zero-order valence-electron chi connectivity index (χ0n) is 11.8. The number of aromatic nitrogens is 2. The van der Waals surface area contributed by atoms with Gasteiger partial charge in [-0.05, 0) is 40.9 Å². The average Bonchev–Trinajstić information content (AvgIpc) is 2.53. The third kappa shape index (κ3) is 2.42. The molecule has 4 nitrogen and oxygen atoms in total. The van der Waals surface area contributed by atoms with Crippen LogP contribution >= 0.6 is 15.9 Å². The monoisotopic (exact) mass is 347 g/mol. The Labute approximate surface area is 132 Å². The molecule has 1 saturated carbocycles. The summed E-state index contributed by atoms with van der Waals surface area (Å²) in [5, 5.41) is 0. The van der Waals surface area contributed by atoms with Gasteiger partial charge in [0.25, 0.3) is 0 Å². The second kappa shape index (κ2) is 5.54. The molecule has 2 unspecified atom stereocenters. The molecule has 2 fully saturated rings. The first kappa shape index (κ1) is 13.5. The van der Waals surface area contributed by atoms with Gasteiger partial charge < -0.3 is 9.64 Å². The molecule has 0 amide bonds. The predicted octanol–water partition coefficient (Wildman–Crippen LogP) is 3.54. The Morgan fingerprint density at radius 3 is 3.10 bits per heavy atom. The third-order valence-corrected chi connectivity index (χ3v) is 5.00. The first-order valence-corrected chi connectivity index (χ1v) is 8.41. The van der Waals surface area contributed by atoms with Gasteiger partial charge in [-0.25, -0.2) is 0 Å². The van der Waals surface area contributed by atoms with Gasteiger partial charge in [0.15, 0.2) is 0 Å². The molecule has 4 rings (SSSR count). The van der Waals surface area contributed by atoms with E-state index < -0.39 is 0 Å². The van der Waals surface area contributed by atoms with Crippen LogP contribution < -0.4 is 4.90 Å². The Balaban J connectivity index is 1.78. The number of ether oxygens (including phenoxy) is 1. The highest BCUT2D eigenvalue weighted by atomic mass is 79.9. The van der Waals surface area contributed by atoms with Crippen LogP contribution in [-0.4, -0.2) is 35.3 Å². The second-order valence-electron chi connectivity index (χ2n) is 5.81. The predicted molar refractivity (Wildman–Crippen MR) is 86.6 cm³/mol. The summed E-state index contributed by atoms with van der Waals surface area (Å²) in [4.78, 5) is 11.6. The highest BCUT2D eigenvalue weighted by Gasteiger charge is 2.35. The van der Waals surface area contributed by atoms with Crippen LogP contribution in [-0.2, 0) is 4.74 Å². The lowest BCUT2D eigenvalue weighted by atomic mass is 9.89. The number of hydrogen-bond donors (Lipinski definition) is 0. The number of anilines is 1. The number of hydrogen-bond acceptors (Lipinski definition) is 4. The minimum Gasteiger partial charge on any atom is -0.374 e.